The van der Waals surface area contributed by atoms with Gasteiger partial charge in [-0.05, 0) is 32.1 Å². The van der Waals surface area contributed by atoms with E-state index in [1.54, 1.807) is 5.57 Å². The lowest BCUT2D eigenvalue weighted by molar-refractivity contribution is 0.121. The Morgan fingerprint density at radius 3 is 2.04 bits per heavy atom. The zero-order valence-electron chi connectivity index (χ0n) is 16.0. The second-order valence-electron chi connectivity index (χ2n) is 7.24. The van der Waals surface area contributed by atoms with Crippen LogP contribution in [0.5, 0.6) is 0 Å². The monoisotopic (exact) mass is 374 g/mol. The van der Waals surface area contributed by atoms with E-state index >= 15 is 0 Å². The van der Waals surface area contributed by atoms with Crippen LogP contribution in [0.1, 0.15) is 32.1 Å². The highest BCUT2D eigenvalue weighted by Gasteiger charge is 2.20. The third-order valence-corrected chi connectivity index (χ3v) is 5.31. The van der Waals surface area contributed by atoms with Crippen molar-refractivity contribution in [1.29, 1.82) is 0 Å². The van der Waals surface area contributed by atoms with Gasteiger partial charge in [0.25, 0.3) is 0 Å². The zero-order valence-corrected chi connectivity index (χ0v) is 16.0. The van der Waals surface area contributed by atoms with E-state index in [4.69, 9.17) is 24.4 Å². The van der Waals surface area contributed by atoms with Crippen LogP contribution in [0, 0.1) is 0 Å². The third kappa shape index (κ3) is 5.07. The summed E-state index contributed by atoms with van der Waals surface area (Å²) in [4.78, 5) is 18.5. The van der Waals surface area contributed by atoms with Crippen molar-refractivity contribution in [3.05, 3.63) is 11.6 Å². The minimum atomic E-state index is 0.671. The Balaban J connectivity index is 1.47. The van der Waals surface area contributed by atoms with E-state index < -0.39 is 0 Å². The molecule has 2 aliphatic heterocycles. The number of hydrogen-bond acceptors (Lipinski definition) is 8. The molecule has 3 aliphatic rings. The molecule has 1 N–H and O–H groups in total. The van der Waals surface area contributed by atoms with Crippen molar-refractivity contribution in [3.63, 3.8) is 0 Å². The van der Waals surface area contributed by atoms with Crippen LogP contribution < -0.4 is 15.1 Å². The van der Waals surface area contributed by atoms with Gasteiger partial charge in [-0.1, -0.05) is 11.6 Å². The molecule has 0 unspecified atom stereocenters. The summed E-state index contributed by atoms with van der Waals surface area (Å²) in [6, 6.07) is 0. The molecular weight excluding hydrogens is 344 g/mol. The van der Waals surface area contributed by atoms with Gasteiger partial charge in [0.15, 0.2) is 0 Å². The highest BCUT2D eigenvalue weighted by molar-refractivity contribution is 5.45. The summed E-state index contributed by atoms with van der Waals surface area (Å²) >= 11 is 0. The Hall–Kier alpha value is -1.93. The van der Waals surface area contributed by atoms with Crippen molar-refractivity contribution in [2.45, 2.75) is 32.1 Å². The fraction of sp³-hybridized carbons (Fsp3) is 0.737. The first kappa shape index (κ1) is 18.4. The first-order chi connectivity index (χ1) is 13.4. The van der Waals surface area contributed by atoms with Crippen LogP contribution in [-0.2, 0) is 9.47 Å². The lowest BCUT2D eigenvalue weighted by Gasteiger charge is -2.30. The molecule has 1 aromatic heterocycles. The minimum absolute atomic E-state index is 0.671. The summed E-state index contributed by atoms with van der Waals surface area (Å²) in [5.41, 5.74) is 1.56. The summed E-state index contributed by atoms with van der Waals surface area (Å²) in [7, 11) is 0. The number of morpholine rings is 2. The highest BCUT2D eigenvalue weighted by Crippen LogP contribution is 2.21. The maximum atomic E-state index is 5.47. The molecule has 0 amide bonds. The quantitative estimate of drug-likeness (QED) is 0.756. The molecule has 0 radical (unpaired) electrons. The molecule has 1 aliphatic carbocycles. The van der Waals surface area contributed by atoms with Gasteiger partial charge >= 0.3 is 0 Å². The maximum Gasteiger partial charge on any atom is 0.232 e. The van der Waals surface area contributed by atoms with Crippen LogP contribution in [0.3, 0.4) is 0 Å². The summed E-state index contributed by atoms with van der Waals surface area (Å²) < 4.78 is 10.9. The predicted molar refractivity (Wildman–Crippen MR) is 106 cm³/mol. The van der Waals surface area contributed by atoms with E-state index in [0.29, 0.717) is 5.95 Å². The SMILES string of the molecule is C1=C(CCNc2nc(N3CCOCC3)nc(N3CCOCC3)n2)CCCC1. The van der Waals surface area contributed by atoms with Crippen molar-refractivity contribution in [2.75, 3.05) is 74.3 Å². The largest absolute Gasteiger partial charge is 0.378 e. The number of hydrogen-bond donors (Lipinski definition) is 1. The molecule has 2 fully saturated rings. The van der Waals surface area contributed by atoms with Crippen molar-refractivity contribution < 1.29 is 9.47 Å². The number of ether oxygens (including phenoxy) is 2. The van der Waals surface area contributed by atoms with Gasteiger partial charge in [0.2, 0.25) is 17.8 Å². The van der Waals surface area contributed by atoms with Gasteiger partial charge in [-0.3, -0.25) is 0 Å². The van der Waals surface area contributed by atoms with Crippen LogP contribution in [0.15, 0.2) is 11.6 Å². The van der Waals surface area contributed by atoms with Crippen LogP contribution in [0.4, 0.5) is 17.8 Å². The van der Waals surface area contributed by atoms with E-state index in [0.717, 1.165) is 77.5 Å². The van der Waals surface area contributed by atoms with Gasteiger partial charge in [0, 0.05) is 32.7 Å². The zero-order chi connectivity index (χ0) is 18.3. The van der Waals surface area contributed by atoms with Crippen molar-refractivity contribution >= 4 is 17.8 Å². The molecule has 0 atom stereocenters. The van der Waals surface area contributed by atoms with Gasteiger partial charge in [0.1, 0.15) is 0 Å². The van der Waals surface area contributed by atoms with Gasteiger partial charge in [-0.25, -0.2) is 0 Å². The minimum Gasteiger partial charge on any atom is -0.378 e. The fourth-order valence-corrected chi connectivity index (χ4v) is 3.71. The van der Waals surface area contributed by atoms with E-state index in [1.165, 1.54) is 25.7 Å². The predicted octanol–water partition coefficient (Wildman–Crippen LogP) is 1.85. The Morgan fingerprint density at radius 2 is 1.48 bits per heavy atom. The summed E-state index contributed by atoms with van der Waals surface area (Å²) in [5, 5.41) is 3.43. The van der Waals surface area contributed by atoms with Crippen LogP contribution >= 0.6 is 0 Å². The summed E-state index contributed by atoms with van der Waals surface area (Å²) in [5.74, 6) is 2.16. The molecule has 2 saturated heterocycles. The fourth-order valence-electron chi connectivity index (χ4n) is 3.71. The normalized spacial score (nSPS) is 21.1. The molecule has 0 spiro atoms. The van der Waals surface area contributed by atoms with E-state index in [1.807, 2.05) is 0 Å². The molecule has 4 rings (SSSR count). The molecule has 0 bridgehead atoms. The van der Waals surface area contributed by atoms with Gasteiger partial charge in [-0.2, -0.15) is 15.0 Å². The van der Waals surface area contributed by atoms with Crippen LogP contribution in [0.25, 0.3) is 0 Å². The number of aromatic nitrogens is 3. The van der Waals surface area contributed by atoms with Crippen LogP contribution in [-0.4, -0.2) is 74.1 Å². The Labute approximate surface area is 161 Å². The summed E-state index contributed by atoms with van der Waals surface area (Å²) in [6.07, 6.45) is 8.57. The van der Waals surface area contributed by atoms with Crippen molar-refractivity contribution in [1.82, 2.24) is 15.0 Å². The van der Waals surface area contributed by atoms with E-state index in [-0.39, 0.29) is 0 Å². The Morgan fingerprint density at radius 1 is 0.852 bits per heavy atom. The molecule has 148 valence electrons. The second kappa shape index (κ2) is 9.32. The second-order valence-corrected chi connectivity index (χ2v) is 7.24. The molecule has 8 heteroatoms. The number of nitrogens with zero attached hydrogens (tertiary/aromatic N) is 5. The Kier molecular flexibility index (Phi) is 6.36. The first-order valence-electron chi connectivity index (χ1n) is 10.2. The van der Waals surface area contributed by atoms with Crippen molar-refractivity contribution in [3.8, 4) is 0 Å². The van der Waals surface area contributed by atoms with Crippen LogP contribution in [0.2, 0.25) is 0 Å². The maximum absolute atomic E-state index is 5.47. The number of allylic oxidation sites excluding steroid dienone is 1. The van der Waals surface area contributed by atoms with Gasteiger partial charge < -0.3 is 24.6 Å². The highest BCUT2D eigenvalue weighted by atomic mass is 16.5. The van der Waals surface area contributed by atoms with Gasteiger partial charge in [0.05, 0.1) is 26.4 Å². The number of nitrogens with one attached hydrogen (secondary N) is 1. The third-order valence-electron chi connectivity index (χ3n) is 5.31. The molecule has 27 heavy (non-hydrogen) atoms. The number of rotatable bonds is 6. The molecule has 1 aromatic rings. The topological polar surface area (TPSA) is 75.6 Å². The van der Waals surface area contributed by atoms with E-state index in [2.05, 4.69) is 21.2 Å². The molecule has 0 aromatic carbocycles. The molecule has 8 nitrogen and oxygen atoms in total. The average molecular weight is 374 g/mol. The molecule has 0 saturated carbocycles. The van der Waals surface area contributed by atoms with E-state index in [9.17, 15) is 0 Å². The number of anilines is 3. The average Bonchev–Trinajstić information content (AvgIpc) is 2.76. The molecular formula is C19H30N6O2. The summed E-state index contributed by atoms with van der Waals surface area (Å²) in [6.45, 7) is 7.01. The Bertz CT molecular complexity index is 605. The van der Waals surface area contributed by atoms with Gasteiger partial charge in [-0.15, -0.1) is 0 Å². The lowest BCUT2D eigenvalue weighted by atomic mass is 9.97. The lowest BCUT2D eigenvalue weighted by Crippen LogP contribution is -2.40. The standard InChI is InChI=1S/C19H30N6O2/c1-2-4-16(5-3-1)6-7-20-17-21-18(24-8-12-26-13-9-24)23-19(22-17)25-10-14-27-15-11-25/h4H,1-3,5-15H2,(H,20,21,22,23). The smallest absolute Gasteiger partial charge is 0.232 e. The van der Waals surface area contributed by atoms with Crippen molar-refractivity contribution in [2.24, 2.45) is 0 Å². The molecule has 3 heterocycles. The first-order valence-corrected chi connectivity index (χ1v) is 10.2.